The highest BCUT2D eigenvalue weighted by atomic mass is 35.5. The molecule has 0 aliphatic heterocycles. The fourth-order valence-corrected chi connectivity index (χ4v) is 3.72. The molecule has 1 saturated carbocycles. The van der Waals surface area contributed by atoms with Gasteiger partial charge < -0.3 is 11.1 Å². The number of halogens is 2. The minimum atomic E-state index is 0. The van der Waals surface area contributed by atoms with Crippen LogP contribution in [-0.4, -0.2) is 24.2 Å². The third-order valence-electron chi connectivity index (χ3n) is 3.94. The van der Waals surface area contributed by atoms with Gasteiger partial charge in [0, 0.05) is 22.4 Å². The Balaban J connectivity index is 0.00000242. The van der Waals surface area contributed by atoms with E-state index in [-0.39, 0.29) is 18.3 Å². The van der Waals surface area contributed by atoms with Crippen LogP contribution in [0.15, 0.2) is 29.2 Å². The molecule has 1 aromatic carbocycles. The van der Waals surface area contributed by atoms with E-state index < -0.39 is 0 Å². The predicted molar refractivity (Wildman–Crippen MR) is 97.0 cm³/mol. The summed E-state index contributed by atoms with van der Waals surface area (Å²) in [5.74, 6) is 1.58. The quantitative estimate of drug-likeness (QED) is 0.571. The Bertz CT molecular complexity index is 456. The van der Waals surface area contributed by atoms with Crippen LogP contribution in [0, 0.1) is 5.92 Å². The summed E-state index contributed by atoms with van der Waals surface area (Å²) >= 11 is 7.61. The van der Waals surface area contributed by atoms with Crippen molar-refractivity contribution in [3.63, 3.8) is 0 Å². The van der Waals surface area contributed by atoms with Crippen LogP contribution in [0.4, 0.5) is 0 Å². The van der Waals surface area contributed by atoms with Gasteiger partial charge in [0.05, 0.1) is 0 Å². The second kappa shape index (κ2) is 10.4. The molecule has 0 bridgehead atoms. The molecule has 124 valence electrons. The van der Waals surface area contributed by atoms with Gasteiger partial charge in [0.1, 0.15) is 0 Å². The van der Waals surface area contributed by atoms with Crippen LogP contribution >= 0.6 is 35.8 Å². The first-order valence-corrected chi connectivity index (χ1v) is 8.93. The van der Waals surface area contributed by atoms with Crippen LogP contribution in [0.5, 0.6) is 0 Å². The van der Waals surface area contributed by atoms with E-state index in [1.165, 1.54) is 11.3 Å². The Kier molecular flexibility index (Phi) is 9.25. The lowest BCUT2D eigenvalue weighted by atomic mass is 10.0. The SMILES string of the molecule is Cl.NCC1CCCC1NC(=O)CCCSc1ccc(Cl)cc1. The number of nitrogens with two attached hydrogens (primary N) is 1. The smallest absolute Gasteiger partial charge is 0.220 e. The third-order valence-corrected chi connectivity index (χ3v) is 5.29. The van der Waals surface area contributed by atoms with Crippen molar-refractivity contribution in [1.29, 1.82) is 0 Å². The summed E-state index contributed by atoms with van der Waals surface area (Å²) in [5, 5.41) is 3.89. The summed E-state index contributed by atoms with van der Waals surface area (Å²) in [5.41, 5.74) is 5.73. The topological polar surface area (TPSA) is 55.1 Å². The summed E-state index contributed by atoms with van der Waals surface area (Å²) < 4.78 is 0. The van der Waals surface area contributed by atoms with Gasteiger partial charge in [0.2, 0.25) is 5.91 Å². The van der Waals surface area contributed by atoms with Gasteiger partial charge in [0.25, 0.3) is 0 Å². The number of hydrogen-bond acceptors (Lipinski definition) is 3. The molecule has 1 aliphatic carbocycles. The zero-order chi connectivity index (χ0) is 15.1. The molecule has 6 heteroatoms. The van der Waals surface area contributed by atoms with E-state index in [0.717, 1.165) is 30.0 Å². The van der Waals surface area contributed by atoms with Gasteiger partial charge in [-0.1, -0.05) is 18.0 Å². The first kappa shape index (κ1) is 19.6. The average molecular weight is 363 g/mol. The van der Waals surface area contributed by atoms with Gasteiger partial charge in [-0.2, -0.15) is 0 Å². The van der Waals surface area contributed by atoms with Crippen molar-refractivity contribution in [1.82, 2.24) is 5.32 Å². The van der Waals surface area contributed by atoms with Gasteiger partial charge in [-0.3, -0.25) is 4.79 Å². The van der Waals surface area contributed by atoms with Crippen LogP contribution < -0.4 is 11.1 Å². The molecule has 1 amide bonds. The highest BCUT2D eigenvalue weighted by Crippen LogP contribution is 2.25. The second-order valence-corrected chi connectivity index (χ2v) is 7.11. The van der Waals surface area contributed by atoms with Crippen molar-refractivity contribution in [3.8, 4) is 0 Å². The molecule has 1 fully saturated rings. The van der Waals surface area contributed by atoms with E-state index in [1.807, 2.05) is 24.3 Å². The van der Waals surface area contributed by atoms with Gasteiger partial charge >= 0.3 is 0 Å². The van der Waals surface area contributed by atoms with E-state index in [0.29, 0.717) is 24.9 Å². The Hall–Kier alpha value is -0.420. The highest BCUT2D eigenvalue weighted by Gasteiger charge is 2.26. The Morgan fingerprint density at radius 3 is 2.73 bits per heavy atom. The van der Waals surface area contributed by atoms with Crippen LogP contribution in [0.3, 0.4) is 0 Å². The molecule has 0 saturated heterocycles. The Morgan fingerprint density at radius 2 is 2.05 bits per heavy atom. The standard InChI is InChI=1S/C16H23ClN2OS.ClH/c17-13-6-8-14(9-7-13)21-10-2-5-16(20)19-15-4-1-3-12(15)11-18;/h6-9,12,15H,1-5,10-11,18H2,(H,19,20);1H. The van der Waals surface area contributed by atoms with E-state index in [9.17, 15) is 4.79 Å². The fourth-order valence-electron chi connectivity index (χ4n) is 2.74. The number of hydrogen-bond donors (Lipinski definition) is 2. The van der Waals surface area contributed by atoms with Crippen LogP contribution in [-0.2, 0) is 4.79 Å². The van der Waals surface area contributed by atoms with Crippen molar-refractivity contribution in [2.75, 3.05) is 12.3 Å². The van der Waals surface area contributed by atoms with Crippen LogP contribution in [0.1, 0.15) is 32.1 Å². The minimum Gasteiger partial charge on any atom is -0.353 e. The summed E-state index contributed by atoms with van der Waals surface area (Å²) in [6.07, 6.45) is 4.88. The maximum absolute atomic E-state index is 11.9. The van der Waals surface area contributed by atoms with Gasteiger partial charge in [0.15, 0.2) is 0 Å². The molecule has 2 rings (SSSR count). The first-order valence-electron chi connectivity index (χ1n) is 7.57. The number of carbonyl (C=O) groups excluding carboxylic acids is 1. The van der Waals surface area contributed by atoms with Gasteiger partial charge in [-0.25, -0.2) is 0 Å². The molecular weight excluding hydrogens is 339 g/mol. The molecule has 0 aromatic heterocycles. The second-order valence-electron chi connectivity index (χ2n) is 5.51. The Morgan fingerprint density at radius 1 is 1.32 bits per heavy atom. The first-order chi connectivity index (χ1) is 10.2. The predicted octanol–water partition coefficient (Wildman–Crippen LogP) is 3.88. The summed E-state index contributed by atoms with van der Waals surface area (Å²) in [6.45, 7) is 0.678. The molecule has 1 aliphatic rings. The molecule has 2 atom stereocenters. The summed E-state index contributed by atoms with van der Waals surface area (Å²) in [6, 6.07) is 8.11. The Labute approximate surface area is 148 Å². The molecule has 2 unspecified atom stereocenters. The lowest BCUT2D eigenvalue weighted by molar-refractivity contribution is -0.122. The fraction of sp³-hybridized carbons (Fsp3) is 0.562. The van der Waals surface area contributed by atoms with E-state index in [1.54, 1.807) is 11.8 Å². The lowest BCUT2D eigenvalue weighted by Gasteiger charge is -2.19. The molecule has 3 nitrogen and oxygen atoms in total. The highest BCUT2D eigenvalue weighted by molar-refractivity contribution is 7.99. The average Bonchev–Trinajstić information content (AvgIpc) is 2.92. The van der Waals surface area contributed by atoms with E-state index in [4.69, 9.17) is 17.3 Å². The number of amides is 1. The molecule has 0 radical (unpaired) electrons. The molecular formula is C16H24Cl2N2OS. The third kappa shape index (κ3) is 6.37. The minimum absolute atomic E-state index is 0. The molecule has 0 spiro atoms. The van der Waals surface area contributed by atoms with Gasteiger partial charge in [-0.05, 0) is 61.7 Å². The maximum atomic E-state index is 11.9. The summed E-state index contributed by atoms with van der Waals surface area (Å²) in [7, 11) is 0. The number of thioether (sulfide) groups is 1. The van der Waals surface area contributed by atoms with Crippen molar-refractivity contribution in [3.05, 3.63) is 29.3 Å². The lowest BCUT2D eigenvalue weighted by Crippen LogP contribution is -2.39. The normalized spacial score (nSPS) is 20.5. The number of carbonyl (C=O) groups is 1. The number of benzene rings is 1. The zero-order valence-electron chi connectivity index (χ0n) is 12.6. The van der Waals surface area contributed by atoms with E-state index in [2.05, 4.69) is 5.32 Å². The molecule has 3 N–H and O–H groups in total. The monoisotopic (exact) mass is 362 g/mol. The van der Waals surface area contributed by atoms with Crippen LogP contribution in [0.2, 0.25) is 5.02 Å². The van der Waals surface area contributed by atoms with Crippen molar-refractivity contribution < 1.29 is 4.79 Å². The van der Waals surface area contributed by atoms with E-state index >= 15 is 0 Å². The van der Waals surface area contributed by atoms with Crippen molar-refractivity contribution in [2.45, 2.75) is 43.0 Å². The molecule has 0 heterocycles. The van der Waals surface area contributed by atoms with Crippen molar-refractivity contribution >= 4 is 41.7 Å². The molecule has 1 aromatic rings. The largest absolute Gasteiger partial charge is 0.353 e. The van der Waals surface area contributed by atoms with Crippen LogP contribution in [0.25, 0.3) is 0 Å². The number of rotatable bonds is 7. The number of nitrogens with one attached hydrogen (secondary N) is 1. The maximum Gasteiger partial charge on any atom is 0.220 e. The zero-order valence-corrected chi connectivity index (χ0v) is 15.0. The summed E-state index contributed by atoms with van der Waals surface area (Å²) in [4.78, 5) is 13.1. The van der Waals surface area contributed by atoms with Crippen molar-refractivity contribution in [2.24, 2.45) is 11.7 Å². The molecule has 22 heavy (non-hydrogen) atoms. The van der Waals surface area contributed by atoms with Gasteiger partial charge in [-0.15, -0.1) is 24.2 Å².